The summed E-state index contributed by atoms with van der Waals surface area (Å²) < 4.78 is 1.12. The maximum absolute atomic E-state index is 2.57. The molecule has 0 saturated heterocycles. The first kappa shape index (κ1) is 19.7. The molecule has 2 aliphatic rings. The molecule has 0 aromatic rings. The molecule has 2 fully saturated rings. The molecule has 0 nitrogen and oxygen atoms in total. The zero-order valence-electron chi connectivity index (χ0n) is 16.8. The van der Waals surface area contributed by atoms with E-state index in [1.807, 2.05) is 0 Å². The second-order valence-corrected chi connectivity index (χ2v) is 11.6. The third-order valence-corrected chi connectivity index (χ3v) is 9.04. The van der Waals surface area contributed by atoms with Crippen LogP contribution in [0, 0.1) is 23.7 Å². The van der Waals surface area contributed by atoms with E-state index in [0.29, 0.717) is 9.49 Å². The molecule has 1 heteroatoms. The van der Waals surface area contributed by atoms with E-state index < -0.39 is 0 Å². The van der Waals surface area contributed by atoms with Gasteiger partial charge in [0.2, 0.25) is 0 Å². The van der Waals surface area contributed by atoms with Crippen molar-refractivity contribution in [2.45, 2.75) is 115 Å². The van der Waals surface area contributed by atoms with Gasteiger partial charge in [-0.15, -0.1) is 11.8 Å². The Morgan fingerprint density at radius 3 is 1.43 bits per heavy atom. The van der Waals surface area contributed by atoms with Crippen molar-refractivity contribution in [2.24, 2.45) is 23.7 Å². The van der Waals surface area contributed by atoms with E-state index in [0.717, 1.165) is 23.7 Å². The van der Waals surface area contributed by atoms with Crippen molar-refractivity contribution in [3.8, 4) is 0 Å². The van der Waals surface area contributed by atoms with Gasteiger partial charge < -0.3 is 0 Å². The van der Waals surface area contributed by atoms with Crippen molar-refractivity contribution in [3.63, 3.8) is 0 Å². The van der Waals surface area contributed by atoms with Crippen LogP contribution in [0.4, 0.5) is 0 Å². The first-order valence-electron chi connectivity index (χ1n) is 10.5. The maximum Gasteiger partial charge on any atom is 0.0193 e. The third kappa shape index (κ3) is 4.71. The lowest BCUT2D eigenvalue weighted by molar-refractivity contribution is 0.227. The molecular formula is C22H42S. The fourth-order valence-corrected chi connectivity index (χ4v) is 8.32. The van der Waals surface area contributed by atoms with Gasteiger partial charge in [-0.05, 0) is 62.2 Å². The minimum absolute atomic E-state index is 0.562. The van der Waals surface area contributed by atoms with Gasteiger partial charge in [-0.2, -0.15) is 0 Å². The molecular weight excluding hydrogens is 296 g/mol. The van der Waals surface area contributed by atoms with Crippen LogP contribution < -0.4 is 0 Å². The largest absolute Gasteiger partial charge is 0.148 e. The second kappa shape index (κ2) is 8.15. The molecule has 0 bridgehead atoms. The first-order chi connectivity index (χ1) is 10.8. The molecule has 2 saturated carbocycles. The highest BCUT2D eigenvalue weighted by Gasteiger charge is 2.49. The van der Waals surface area contributed by atoms with E-state index in [1.165, 1.54) is 64.2 Å². The summed E-state index contributed by atoms with van der Waals surface area (Å²) in [5, 5.41) is 0. The van der Waals surface area contributed by atoms with Crippen LogP contribution in [0.5, 0.6) is 0 Å². The van der Waals surface area contributed by atoms with E-state index in [4.69, 9.17) is 0 Å². The van der Waals surface area contributed by atoms with E-state index in [2.05, 4.69) is 53.3 Å². The summed E-state index contributed by atoms with van der Waals surface area (Å²) in [7, 11) is 0. The number of rotatable bonds is 6. The van der Waals surface area contributed by atoms with Crippen molar-refractivity contribution < 1.29 is 0 Å². The zero-order valence-corrected chi connectivity index (χ0v) is 17.6. The van der Waals surface area contributed by atoms with E-state index in [-0.39, 0.29) is 0 Å². The molecule has 2 aliphatic carbocycles. The molecule has 0 radical (unpaired) electrons. The molecule has 0 N–H and O–H groups in total. The molecule has 0 spiro atoms. The highest BCUT2D eigenvalue weighted by Crippen LogP contribution is 2.59. The number of thioether (sulfide) groups is 1. The van der Waals surface area contributed by atoms with Crippen LogP contribution in [-0.4, -0.2) is 9.49 Å². The summed E-state index contributed by atoms with van der Waals surface area (Å²) in [5.74, 6) is 3.47. The molecule has 23 heavy (non-hydrogen) atoms. The predicted molar refractivity (Wildman–Crippen MR) is 107 cm³/mol. The van der Waals surface area contributed by atoms with Crippen LogP contribution in [0.1, 0.15) is 106 Å². The van der Waals surface area contributed by atoms with Crippen LogP contribution >= 0.6 is 11.8 Å². The average Bonchev–Trinajstić information content (AvgIpc) is 2.44. The summed E-state index contributed by atoms with van der Waals surface area (Å²) in [6.45, 7) is 14.9. The Bertz CT molecular complexity index is 327. The van der Waals surface area contributed by atoms with Gasteiger partial charge in [0.15, 0.2) is 0 Å². The van der Waals surface area contributed by atoms with Gasteiger partial charge in [-0.3, -0.25) is 0 Å². The lowest BCUT2D eigenvalue weighted by Gasteiger charge is -2.53. The van der Waals surface area contributed by atoms with Crippen LogP contribution in [0.3, 0.4) is 0 Å². The first-order valence-corrected chi connectivity index (χ1v) is 11.3. The lowest BCUT2D eigenvalue weighted by atomic mass is 9.74. The van der Waals surface area contributed by atoms with Gasteiger partial charge in [0, 0.05) is 9.49 Å². The third-order valence-electron chi connectivity index (χ3n) is 6.68. The van der Waals surface area contributed by atoms with E-state index >= 15 is 0 Å². The quantitative estimate of drug-likeness (QED) is 0.478. The van der Waals surface area contributed by atoms with Gasteiger partial charge in [-0.25, -0.2) is 0 Å². The Balaban J connectivity index is 2.29. The Morgan fingerprint density at radius 2 is 1.13 bits per heavy atom. The van der Waals surface area contributed by atoms with Crippen LogP contribution in [-0.2, 0) is 0 Å². The standard InChI is InChI=1S/C22H42S/c1-17(2)15-21(13-9-7-11-19(21)5)23-22(16-18(3)4)14-10-8-12-20(22)6/h17-20H,7-16H2,1-6H3. The van der Waals surface area contributed by atoms with Crippen molar-refractivity contribution in [1.82, 2.24) is 0 Å². The van der Waals surface area contributed by atoms with Crippen LogP contribution in [0.2, 0.25) is 0 Å². The lowest BCUT2D eigenvalue weighted by Crippen LogP contribution is -2.47. The number of hydrogen-bond donors (Lipinski definition) is 0. The molecule has 0 aromatic carbocycles. The molecule has 4 atom stereocenters. The maximum atomic E-state index is 2.57. The molecule has 0 amide bonds. The molecule has 4 unspecified atom stereocenters. The van der Waals surface area contributed by atoms with Gasteiger partial charge >= 0.3 is 0 Å². The Morgan fingerprint density at radius 1 is 0.739 bits per heavy atom. The Hall–Kier alpha value is 0.350. The number of hydrogen-bond acceptors (Lipinski definition) is 1. The van der Waals surface area contributed by atoms with Gasteiger partial charge in [0.1, 0.15) is 0 Å². The van der Waals surface area contributed by atoms with E-state index in [9.17, 15) is 0 Å². The van der Waals surface area contributed by atoms with Gasteiger partial charge in [-0.1, -0.05) is 67.2 Å². The van der Waals surface area contributed by atoms with Crippen molar-refractivity contribution in [1.29, 1.82) is 0 Å². The van der Waals surface area contributed by atoms with Crippen molar-refractivity contribution in [2.75, 3.05) is 0 Å². The van der Waals surface area contributed by atoms with Crippen LogP contribution in [0.15, 0.2) is 0 Å². The molecule has 2 rings (SSSR count). The molecule has 0 aliphatic heterocycles. The van der Waals surface area contributed by atoms with Gasteiger partial charge in [0.05, 0.1) is 0 Å². The fraction of sp³-hybridized carbons (Fsp3) is 1.00. The van der Waals surface area contributed by atoms with E-state index in [1.54, 1.807) is 0 Å². The molecule has 0 heterocycles. The summed E-state index contributed by atoms with van der Waals surface area (Å²) in [6, 6.07) is 0. The monoisotopic (exact) mass is 338 g/mol. The summed E-state index contributed by atoms with van der Waals surface area (Å²) in [4.78, 5) is 0. The van der Waals surface area contributed by atoms with Crippen molar-refractivity contribution in [3.05, 3.63) is 0 Å². The Labute approximate surface area is 151 Å². The zero-order chi connectivity index (χ0) is 17.1. The Kier molecular flexibility index (Phi) is 6.97. The molecule has 136 valence electrons. The minimum atomic E-state index is 0.562. The topological polar surface area (TPSA) is 0 Å². The van der Waals surface area contributed by atoms with Gasteiger partial charge in [0.25, 0.3) is 0 Å². The SMILES string of the molecule is CC(C)CC1(SC2(CC(C)C)CCCCC2C)CCCCC1C. The highest BCUT2D eigenvalue weighted by atomic mass is 32.2. The van der Waals surface area contributed by atoms with Crippen LogP contribution in [0.25, 0.3) is 0 Å². The smallest absolute Gasteiger partial charge is 0.0193 e. The second-order valence-electron chi connectivity index (χ2n) is 9.72. The minimum Gasteiger partial charge on any atom is -0.148 e. The fourth-order valence-electron chi connectivity index (χ4n) is 5.55. The average molecular weight is 339 g/mol. The summed E-state index contributed by atoms with van der Waals surface area (Å²) in [5.41, 5.74) is 0. The van der Waals surface area contributed by atoms with Crippen molar-refractivity contribution >= 4 is 11.8 Å². The highest BCUT2D eigenvalue weighted by molar-refractivity contribution is 8.02. The predicted octanol–water partition coefficient (Wildman–Crippen LogP) is 7.71. The summed E-state index contributed by atoms with van der Waals surface area (Å²) in [6.07, 6.45) is 14.6. The normalized spacial score (nSPS) is 39.1. The molecule has 0 aromatic heterocycles. The summed E-state index contributed by atoms with van der Waals surface area (Å²) >= 11 is 2.51.